The normalized spacial score (nSPS) is 13.6. The summed E-state index contributed by atoms with van der Waals surface area (Å²) in [6.07, 6.45) is 6.03. The SMILES string of the molecule is CCC(=O)c1c(-c2ccc(F)cc2)oc2cc(N(C)S(C)(=O)=O)c(B3OC(C)(C)C(C)(C)O3)cc12.CNC(=O)c1c(-c2ccc(F)cc2)oc2cc(N(C)S(C)(=O)=O)c(-c3ccc(C)c(-c4nn5ccccc5c4CO)n3)cc12.Cc1ccc(Cl)nc1-c1nn2ccccc2c1CO. The van der Waals surface area contributed by atoms with Crippen molar-refractivity contribution in [3.05, 3.63) is 196 Å². The number of rotatable bonds is 15. The second-order valence-electron chi connectivity index (χ2n) is 24.5. The van der Waals surface area contributed by atoms with Crippen LogP contribution in [0, 0.1) is 25.5 Å². The second kappa shape index (κ2) is 27.0. The van der Waals surface area contributed by atoms with E-state index in [1.54, 1.807) is 58.5 Å². The molecule has 3 N–H and O–H groups in total. The average molecular weight is 1390 g/mol. The number of hydrogen-bond acceptors (Lipinski definition) is 16. The Morgan fingerprint density at radius 2 is 1.08 bits per heavy atom. The topological polar surface area (TPSA) is 267 Å². The van der Waals surface area contributed by atoms with Crippen LogP contribution in [0.2, 0.25) is 5.15 Å². The zero-order valence-corrected chi connectivity index (χ0v) is 57.9. The van der Waals surface area contributed by atoms with Gasteiger partial charge in [-0.2, -0.15) is 10.2 Å². The van der Waals surface area contributed by atoms with E-state index in [0.717, 1.165) is 48.8 Å². The molecular formula is C71H69BClF2N9O12S2. The number of furan rings is 2. The molecule has 13 rings (SSSR count). The fourth-order valence-electron chi connectivity index (χ4n) is 11.4. The number of hydrogen-bond donors (Lipinski definition) is 3. The average Bonchev–Trinajstić information content (AvgIpc) is 1.56. The van der Waals surface area contributed by atoms with E-state index in [1.165, 1.54) is 69.7 Å². The van der Waals surface area contributed by atoms with Crippen LogP contribution in [0.15, 0.2) is 155 Å². The Bertz CT molecular complexity index is 5330. The van der Waals surface area contributed by atoms with Crippen molar-refractivity contribution >= 4 is 100 Å². The highest BCUT2D eigenvalue weighted by molar-refractivity contribution is 7.92. The number of aryl methyl sites for hydroxylation is 2. The number of amides is 1. The number of benzene rings is 4. The third-order valence-electron chi connectivity index (χ3n) is 17.6. The zero-order chi connectivity index (χ0) is 70.7. The van der Waals surface area contributed by atoms with Crippen LogP contribution in [-0.2, 0) is 42.6 Å². The molecule has 0 aliphatic carbocycles. The first-order valence-electron chi connectivity index (χ1n) is 30.9. The number of fused-ring (bicyclic) bond motifs is 4. The first kappa shape index (κ1) is 69.7. The van der Waals surface area contributed by atoms with E-state index in [4.69, 9.17) is 34.7 Å². The number of ketones is 1. The van der Waals surface area contributed by atoms with Crippen LogP contribution in [-0.4, -0.2) is 120 Å². The zero-order valence-electron chi connectivity index (χ0n) is 55.6. The Labute approximate surface area is 569 Å². The second-order valence-corrected chi connectivity index (χ2v) is 28.9. The molecule has 27 heteroatoms. The van der Waals surface area contributed by atoms with Crippen molar-refractivity contribution in [2.24, 2.45) is 0 Å². The third-order valence-corrected chi connectivity index (χ3v) is 20.2. The molecule has 0 saturated carbocycles. The maximum Gasteiger partial charge on any atom is 0.497 e. The van der Waals surface area contributed by atoms with Crippen LogP contribution >= 0.6 is 11.6 Å². The van der Waals surface area contributed by atoms with Crippen LogP contribution in [0.5, 0.6) is 0 Å². The maximum atomic E-state index is 13.7. The number of carbonyl (C=O) groups excluding carboxylic acids is 2. The van der Waals surface area contributed by atoms with E-state index in [0.29, 0.717) is 94.7 Å². The molecule has 0 bridgehead atoms. The monoisotopic (exact) mass is 1390 g/mol. The molecular weight excluding hydrogens is 1320 g/mol. The molecule has 0 radical (unpaired) electrons. The first-order valence-corrected chi connectivity index (χ1v) is 34.9. The van der Waals surface area contributed by atoms with Gasteiger partial charge in [0.2, 0.25) is 20.0 Å². The summed E-state index contributed by atoms with van der Waals surface area (Å²) in [5.41, 5.74) is 9.81. The summed E-state index contributed by atoms with van der Waals surface area (Å²) in [5, 5.41) is 33.0. The van der Waals surface area contributed by atoms with E-state index in [1.807, 2.05) is 96.3 Å². The Morgan fingerprint density at radius 1 is 0.622 bits per heavy atom. The van der Waals surface area contributed by atoms with Crippen LogP contribution in [0.1, 0.15) is 84.0 Å². The highest BCUT2D eigenvalue weighted by Gasteiger charge is 2.53. The number of aliphatic hydroxyl groups excluding tert-OH is 2. The summed E-state index contributed by atoms with van der Waals surface area (Å²) in [4.78, 5) is 35.5. The predicted molar refractivity (Wildman–Crippen MR) is 376 cm³/mol. The number of anilines is 2. The van der Waals surface area contributed by atoms with Gasteiger partial charge in [-0.25, -0.2) is 44.6 Å². The number of pyridine rings is 4. The number of aromatic nitrogens is 6. The lowest BCUT2D eigenvalue weighted by molar-refractivity contribution is 0.00578. The fourth-order valence-corrected chi connectivity index (χ4v) is 12.6. The molecule has 1 fully saturated rings. The minimum atomic E-state index is -3.74. The Hall–Kier alpha value is -9.67. The molecule has 98 heavy (non-hydrogen) atoms. The third kappa shape index (κ3) is 13.3. The molecule has 0 unspecified atom stereocenters. The van der Waals surface area contributed by atoms with Crippen molar-refractivity contribution in [2.75, 3.05) is 42.3 Å². The highest BCUT2D eigenvalue weighted by atomic mass is 35.5. The summed E-state index contributed by atoms with van der Waals surface area (Å²) in [7, 11) is -3.91. The van der Waals surface area contributed by atoms with Gasteiger partial charge in [-0.1, -0.05) is 42.8 Å². The van der Waals surface area contributed by atoms with Gasteiger partial charge in [-0.15, -0.1) is 0 Å². The van der Waals surface area contributed by atoms with Crippen molar-refractivity contribution in [1.29, 1.82) is 0 Å². The molecule has 0 spiro atoms. The number of carbonyl (C=O) groups is 2. The smallest absolute Gasteiger partial charge is 0.455 e. The molecule has 1 aliphatic rings. The minimum absolute atomic E-state index is 0.0868. The van der Waals surface area contributed by atoms with Crippen LogP contribution in [0.3, 0.4) is 0 Å². The number of Topliss-reactive ketones (excluding diaryl/α,β-unsaturated/α-hetero) is 1. The summed E-state index contributed by atoms with van der Waals surface area (Å²) in [5.74, 6) is -0.944. The Morgan fingerprint density at radius 3 is 1.56 bits per heavy atom. The highest BCUT2D eigenvalue weighted by Crippen LogP contribution is 2.44. The Balaban J connectivity index is 0.000000160. The summed E-state index contributed by atoms with van der Waals surface area (Å²) < 4.78 is 108. The summed E-state index contributed by atoms with van der Waals surface area (Å²) in [6, 6.07) is 36.2. The fraction of sp³-hybridized carbons (Fsp3) is 0.239. The quantitative estimate of drug-likeness (QED) is 0.0489. The molecule has 1 amide bonds. The van der Waals surface area contributed by atoms with Gasteiger partial charge >= 0.3 is 7.12 Å². The van der Waals surface area contributed by atoms with E-state index in [-0.39, 0.29) is 48.0 Å². The number of aliphatic hydroxyl groups is 2. The van der Waals surface area contributed by atoms with Crippen LogP contribution in [0.25, 0.3) is 89.7 Å². The van der Waals surface area contributed by atoms with Gasteiger partial charge in [-0.05, 0) is 150 Å². The molecule has 21 nitrogen and oxygen atoms in total. The summed E-state index contributed by atoms with van der Waals surface area (Å²) in [6.45, 7) is 12.8. The molecule has 9 heterocycles. The molecule has 4 aromatic carbocycles. The van der Waals surface area contributed by atoms with E-state index in [2.05, 4.69) is 20.5 Å². The molecule has 506 valence electrons. The van der Waals surface area contributed by atoms with Gasteiger partial charge in [-0.3, -0.25) is 18.2 Å². The molecule has 12 aromatic rings. The lowest BCUT2D eigenvalue weighted by Crippen LogP contribution is -2.41. The van der Waals surface area contributed by atoms with Crippen LogP contribution in [0.4, 0.5) is 20.2 Å². The number of nitrogens with zero attached hydrogens (tertiary/aromatic N) is 8. The molecule has 1 aliphatic heterocycles. The first-order chi connectivity index (χ1) is 46.4. The Kier molecular flexibility index (Phi) is 19.2. The predicted octanol–water partition coefficient (Wildman–Crippen LogP) is 12.5. The van der Waals surface area contributed by atoms with Crippen molar-refractivity contribution in [2.45, 2.75) is 79.3 Å². The van der Waals surface area contributed by atoms with Gasteiger partial charge in [0.15, 0.2) is 5.78 Å². The van der Waals surface area contributed by atoms with Crippen molar-refractivity contribution in [1.82, 2.24) is 34.5 Å². The van der Waals surface area contributed by atoms with Crippen LogP contribution < -0.4 is 19.4 Å². The van der Waals surface area contributed by atoms with E-state index < -0.39 is 55.9 Å². The van der Waals surface area contributed by atoms with Gasteiger partial charge in [0.25, 0.3) is 5.91 Å². The molecule has 0 atom stereocenters. The van der Waals surface area contributed by atoms with Gasteiger partial charge in [0, 0.05) is 96.1 Å². The largest absolute Gasteiger partial charge is 0.497 e. The van der Waals surface area contributed by atoms with Crippen molar-refractivity contribution in [3.63, 3.8) is 0 Å². The number of sulfonamides is 2. The van der Waals surface area contributed by atoms with Gasteiger partial charge in [0.1, 0.15) is 50.9 Å². The minimum Gasteiger partial charge on any atom is -0.455 e. The summed E-state index contributed by atoms with van der Waals surface area (Å²) >= 11 is 5.95. The number of nitrogens with one attached hydrogen (secondary N) is 1. The lowest BCUT2D eigenvalue weighted by Gasteiger charge is -2.32. The van der Waals surface area contributed by atoms with E-state index >= 15 is 0 Å². The van der Waals surface area contributed by atoms with Crippen molar-refractivity contribution in [3.8, 4) is 56.7 Å². The molecule has 8 aromatic heterocycles. The van der Waals surface area contributed by atoms with E-state index in [9.17, 15) is 45.4 Å². The lowest BCUT2D eigenvalue weighted by atomic mass is 9.76. The van der Waals surface area contributed by atoms with Gasteiger partial charge in [0.05, 0.1) is 87.5 Å². The standard InChI is InChI=1S/C32H28FN5O5S.C25H29BFNO6S.C14H12ClN3O/c1-18-8-13-24(35-29(18)30-23(17-39)25-7-5-6-14-38(25)36-30)21-15-22-27(16-26(21)37(3)44(4,41)42)43-31(28(22)32(40)34-2)19-9-11-20(33)12-10-19;1-8-20(29)22-17-13-18(26-33-24(2,3)25(4,5)34-26)19(28(6)35(7,30)31)14-21(17)32-23(22)15-9-11-16(27)12-10-15;1-9-5-6-12(15)16-13(9)14-10(8-19)11-4-2-3-7-18(11)17-14/h5-16,39H,17H2,1-4H3,(H,34,40);9-14H,8H2,1-7H3;2-7,19H,8H2,1H3. The van der Waals surface area contributed by atoms with Crippen molar-refractivity contribution < 1.29 is 63.6 Å². The number of halogens is 3. The maximum absolute atomic E-state index is 13.7. The van der Waals surface area contributed by atoms with Gasteiger partial charge < -0.3 is 33.7 Å². The molecule has 1 saturated heterocycles.